The maximum absolute atomic E-state index is 11.6. The minimum atomic E-state index is -3.20. The molecule has 20 heavy (non-hydrogen) atoms. The fourth-order valence-electron chi connectivity index (χ4n) is 2.27. The Morgan fingerprint density at radius 2 is 2.10 bits per heavy atom. The summed E-state index contributed by atoms with van der Waals surface area (Å²) < 4.78 is 25.2. The van der Waals surface area contributed by atoms with Crippen LogP contribution in [0.2, 0.25) is 0 Å². The van der Waals surface area contributed by atoms with Crippen molar-refractivity contribution in [3.63, 3.8) is 0 Å². The number of sulfone groups is 1. The Labute approximate surface area is 119 Å². The van der Waals surface area contributed by atoms with Crippen LogP contribution in [0.5, 0.6) is 0 Å². The molecule has 1 N–H and O–H groups in total. The Bertz CT molecular complexity index is 719. The minimum absolute atomic E-state index is 0.133. The number of aryl methyl sites for hydroxylation is 1. The third-order valence-corrected chi connectivity index (χ3v) is 4.51. The van der Waals surface area contributed by atoms with Crippen LogP contribution in [-0.4, -0.2) is 30.8 Å². The molecule has 0 fully saturated rings. The van der Waals surface area contributed by atoms with E-state index in [4.69, 9.17) is 0 Å². The van der Waals surface area contributed by atoms with Gasteiger partial charge in [0.1, 0.15) is 5.82 Å². The zero-order chi connectivity index (χ0) is 14.9. The Morgan fingerprint density at radius 1 is 1.40 bits per heavy atom. The number of imidazole rings is 1. The molecule has 0 aliphatic heterocycles. The van der Waals surface area contributed by atoms with Gasteiger partial charge in [0.2, 0.25) is 0 Å². The molecule has 2 aromatic rings. The Balaban J connectivity index is 2.47. The first-order valence-electron chi connectivity index (χ1n) is 6.74. The van der Waals surface area contributed by atoms with Gasteiger partial charge >= 0.3 is 0 Å². The van der Waals surface area contributed by atoms with E-state index in [0.717, 1.165) is 29.8 Å². The predicted octanol–water partition coefficient (Wildman–Crippen LogP) is 2.04. The highest BCUT2D eigenvalue weighted by Gasteiger charge is 2.16. The standard InChI is InChI=1S/C14H21N3O2S/c1-5-8-15-10(2)14-16-12-9-11(20(4,18)19)6-7-13(12)17(14)3/h6-7,9-10,15H,5,8H2,1-4H3. The van der Waals surface area contributed by atoms with E-state index in [2.05, 4.69) is 24.1 Å². The molecule has 0 aliphatic carbocycles. The summed E-state index contributed by atoms with van der Waals surface area (Å²) in [6.07, 6.45) is 2.27. The van der Waals surface area contributed by atoms with Crippen molar-refractivity contribution < 1.29 is 8.42 Å². The van der Waals surface area contributed by atoms with Gasteiger partial charge in [0.25, 0.3) is 0 Å². The average Bonchev–Trinajstić information content (AvgIpc) is 2.72. The maximum atomic E-state index is 11.6. The molecule has 2 rings (SSSR count). The quantitative estimate of drug-likeness (QED) is 0.917. The smallest absolute Gasteiger partial charge is 0.175 e. The summed E-state index contributed by atoms with van der Waals surface area (Å²) in [5, 5.41) is 3.39. The zero-order valence-corrected chi connectivity index (χ0v) is 13.2. The molecule has 0 bridgehead atoms. The normalized spacial score (nSPS) is 13.8. The molecule has 0 saturated carbocycles. The monoisotopic (exact) mass is 295 g/mol. The number of benzene rings is 1. The van der Waals surface area contributed by atoms with Gasteiger partial charge < -0.3 is 9.88 Å². The highest BCUT2D eigenvalue weighted by Crippen LogP contribution is 2.22. The van der Waals surface area contributed by atoms with Crippen molar-refractivity contribution in [3.8, 4) is 0 Å². The first kappa shape index (κ1) is 15.0. The Hall–Kier alpha value is -1.40. The molecule has 1 heterocycles. The summed E-state index contributed by atoms with van der Waals surface area (Å²) in [7, 11) is -1.24. The van der Waals surface area contributed by atoms with Crippen molar-refractivity contribution in [1.29, 1.82) is 0 Å². The van der Waals surface area contributed by atoms with Crippen LogP contribution in [0.4, 0.5) is 0 Å². The van der Waals surface area contributed by atoms with Crippen LogP contribution in [-0.2, 0) is 16.9 Å². The largest absolute Gasteiger partial charge is 0.330 e. The third-order valence-electron chi connectivity index (χ3n) is 3.40. The summed E-state index contributed by atoms with van der Waals surface area (Å²) in [4.78, 5) is 4.88. The average molecular weight is 295 g/mol. The van der Waals surface area contributed by atoms with E-state index >= 15 is 0 Å². The lowest BCUT2D eigenvalue weighted by Gasteiger charge is -2.12. The molecule has 1 aromatic carbocycles. The molecular formula is C14H21N3O2S. The van der Waals surface area contributed by atoms with Gasteiger partial charge in [-0.2, -0.15) is 0 Å². The number of fused-ring (bicyclic) bond motifs is 1. The van der Waals surface area contributed by atoms with Crippen LogP contribution < -0.4 is 5.32 Å². The summed E-state index contributed by atoms with van der Waals surface area (Å²) in [5.74, 6) is 0.916. The molecule has 5 nitrogen and oxygen atoms in total. The molecule has 0 spiro atoms. The van der Waals surface area contributed by atoms with E-state index in [1.165, 1.54) is 6.26 Å². The lowest BCUT2D eigenvalue weighted by molar-refractivity contribution is 0.532. The molecular weight excluding hydrogens is 274 g/mol. The van der Waals surface area contributed by atoms with E-state index in [1.54, 1.807) is 12.1 Å². The second-order valence-electron chi connectivity index (χ2n) is 5.13. The van der Waals surface area contributed by atoms with Crippen molar-refractivity contribution in [3.05, 3.63) is 24.0 Å². The minimum Gasteiger partial charge on any atom is -0.330 e. The number of nitrogens with one attached hydrogen (secondary N) is 1. The number of rotatable bonds is 5. The van der Waals surface area contributed by atoms with Gasteiger partial charge in [-0.3, -0.25) is 0 Å². The highest BCUT2D eigenvalue weighted by atomic mass is 32.2. The zero-order valence-electron chi connectivity index (χ0n) is 12.3. The summed E-state index contributed by atoms with van der Waals surface area (Å²) in [6, 6.07) is 5.22. The van der Waals surface area contributed by atoms with E-state index in [1.807, 2.05) is 17.7 Å². The highest BCUT2D eigenvalue weighted by molar-refractivity contribution is 7.90. The van der Waals surface area contributed by atoms with Crippen molar-refractivity contribution in [2.24, 2.45) is 7.05 Å². The van der Waals surface area contributed by atoms with Gasteiger partial charge in [0.05, 0.1) is 22.0 Å². The topological polar surface area (TPSA) is 64.0 Å². The molecule has 1 atom stereocenters. The van der Waals surface area contributed by atoms with Gasteiger partial charge in [-0.05, 0) is 38.1 Å². The van der Waals surface area contributed by atoms with Crippen molar-refractivity contribution in [1.82, 2.24) is 14.9 Å². The van der Waals surface area contributed by atoms with Gasteiger partial charge in [0.15, 0.2) is 9.84 Å². The number of nitrogens with zero attached hydrogens (tertiary/aromatic N) is 2. The van der Waals surface area contributed by atoms with E-state index < -0.39 is 9.84 Å². The van der Waals surface area contributed by atoms with Crippen LogP contribution in [0.25, 0.3) is 11.0 Å². The maximum Gasteiger partial charge on any atom is 0.175 e. The fraction of sp³-hybridized carbons (Fsp3) is 0.500. The van der Waals surface area contributed by atoms with E-state index in [0.29, 0.717) is 4.90 Å². The molecule has 1 aromatic heterocycles. The van der Waals surface area contributed by atoms with Gasteiger partial charge in [-0.1, -0.05) is 6.92 Å². The Morgan fingerprint density at radius 3 is 2.70 bits per heavy atom. The van der Waals surface area contributed by atoms with Gasteiger partial charge in [-0.15, -0.1) is 0 Å². The van der Waals surface area contributed by atoms with Crippen molar-refractivity contribution >= 4 is 20.9 Å². The van der Waals surface area contributed by atoms with Crippen molar-refractivity contribution in [2.45, 2.75) is 31.2 Å². The second kappa shape index (κ2) is 5.54. The second-order valence-corrected chi connectivity index (χ2v) is 7.14. The van der Waals surface area contributed by atoms with Crippen molar-refractivity contribution in [2.75, 3.05) is 12.8 Å². The van der Waals surface area contributed by atoms with E-state index in [9.17, 15) is 8.42 Å². The lowest BCUT2D eigenvalue weighted by Crippen LogP contribution is -2.22. The third kappa shape index (κ3) is 2.86. The summed E-state index contributed by atoms with van der Waals surface area (Å²) in [6.45, 7) is 5.11. The molecule has 110 valence electrons. The van der Waals surface area contributed by atoms with Crippen LogP contribution in [0.3, 0.4) is 0 Å². The number of aromatic nitrogens is 2. The number of hydrogen-bond acceptors (Lipinski definition) is 4. The number of hydrogen-bond donors (Lipinski definition) is 1. The van der Waals surface area contributed by atoms with Gasteiger partial charge in [-0.25, -0.2) is 13.4 Å². The van der Waals surface area contributed by atoms with E-state index in [-0.39, 0.29) is 6.04 Å². The SMILES string of the molecule is CCCNC(C)c1nc2cc(S(C)(=O)=O)ccc2n1C. The summed E-state index contributed by atoms with van der Waals surface area (Å²) >= 11 is 0. The van der Waals surface area contributed by atoms with Crippen LogP contribution in [0.1, 0.15) is 32.1 Å². The molecule has 0 saturated heterocycles. The molecule has 6 heteroatoms. The first-order chi connectivity index (χ1) is 9.34. The molecule has 0 aliphatic rings. The Kier molecular flexibility index (Phi) is 4.15. The van der Waals surface area contributed by atoms with Gasteiger partial charge in [0, 0.05) is 13.3 Å². The van der Waals surface area contributed by atoms with Crippen LogP contribution in [0, 0.1) is 0 Å². The molecule has 0 radical (unpaired) electrons. The fourth-order valence-corrected chi connectivity index (χ4v) is 2.91. The van der Waals surface area contributed by atoms with Crippen LogP contribution >= 0.6 is 0 Å². The molecule has 0 amide bonds. The predicted molar refractivity (Wildman–Crippen MR) is 80.5 cm³/mol. The first-order valence-corrected chi connectivity index (χ1v) is 8.63. The summed E-state index contributed by atoms with van der Waals surface area (Å²) in [5.41, 5.74) is 1.66. The van der Waals surface area contributed by atoms with Crippen LogP contribution in [0.15, 0.2) is 23.1 Å². The lowest BCUT2D eigenvalue weighted by atomic mass is 10.3. The molecule has 1 unspecified atom stereocenters.